The van der Waals surface area contributed by atoms with Gasteiger partial charge >= 0.3 is 0 Å². The van der Waals surface area contributed by atoms with E-state index in [-0.39, 0.29) is 5.82 Å². The van der Waals surface area contributed by atoms with Gasteiger partial charge in [-0.15, -0.1) is 0 Å². The second kappa shape index (κ2) is 5.28. The summed E-state index contributed by atoms with van der Waals surface area (Å²) >= 11 is 0. The van der Waals surface area contributed by atoms with Crippen LogP contribution in [0.3, 0.4) is 0 Å². The predicted octanol–water partition coefficient (Wildman–Crippen LogP) is 3.01. The molecular weight excluding hydrogens is 229 g/mol. The van der Waals surface area contributed by atoms with E-state index in [9.17, 15) is 4.39 Å². The standard InChI is InChI=1S/C14H12FN3/c1-10-7-12(4-5-13(10)15)18-9-11-3-2-6-17-14(11)8-16/h2-7,18H,9H2,1H3. The molecule has 0 saturated heterocycles. The number of halogens is 1. The van der Waals surface area contributed by atoms with E-state index in [0.717, 1.165) is 11.3 Å². The number of aromatic nitrogens is 1. The van der Waals surface area contributed by atoms with Crippen molar-refractivity contribution in [1.82, 2.24) is 4.98 Å². The molecule has 0 radical (unpaired) electrons. The Morgan fingerprint density at radius 2 is 2.22 bits per heavy atom. The van der Waals surface area contributed by atoms with E-state index in [1.165, 1.54) is 6.07 Å². The third-order valence-corrected chi connectivity index (χ3v) is 2.64. The van der Waals surface area contributed by atoms with Gasteiger partial charge in [-0.3, -0.25) is 0 Å². The molecule has 0 bridgehead atoms. The first kappa shape index (κ1) is 12.1. The van der Waals surface area contributed by atoms with E-state index in [2.05, 4.69) is 10.3 Å². The van der Waals surface area contributed by atoms with Crippen LogP contribution < -0.4 is 5.32 Å². The summed E-state index contributed by atoms with van der Waals surface area (Å²) in [5, 5.41) is 12.1. The van der Waals surface area contributed by atoms with E-state index < -0.39 is 0 Å². The van der Waals surface area contributed by atoms with Crippen LogP contribution in [0.25, 0.3) is 0 Å². The molecule has 3 nitrogen and oxygen atoms in total. The molecule has 0 amide bonds. The lowest BCUT2D eigenvalue weighted by atomic mass is 10.2. The van der Waals surface area contributed by atoms with Crippen molar-refractivity contribution in [2.75, 3.05) is 5.32 Å². The summed E-state index contributed by atoms with van der Waals surface area (Å²) in [7, 11) is 0. The van der Waals surface area contributed by atoms with E-state index in [4.69, 9.17) is 5.26 Å². The van der Waals surface area contributed by atoms with Crippen LogP contribution in [-0.2, 0) is 6.54 Å². The molecule has 0 saturated carbocycles. The van der Waals surface area contributed by atoms with Crippen molar-refractivity contribution in [2.45, 2.75) is 13.5 Å². The molecule has 1 heterocycles. The van der Waals surface area contributed by atoms with Gasteiger partial charge in [0.1, 0.15) is 17.6 Å². The molecule has 0 aliphatic carbocycles. The fraction of sp³-hybridized carbons (Fsp3) is 0.143. The van der Waals surface area contributed by atoms with Crippen molar-refractivity contribution >= 4 is 5.69 Å². The first-order valence-electron chi connectivity index (χ1n) is 5.54. The zero-order valence-corrected chi connectivity index (χ0v) is 9.94. The summed E-state index contributed by atoms with van der Waals surface area (Å²) in [6, 6.07) is 10.5. The fourth-order valence-corrected chi connectivity index (χ4v) is 1.63. The van der Waals surface area contributed by atoms with Crippen LogP contribution in [0.5, 0.6) is 0 Å². The molecule has 90 valence electrons. The van der Waals surface area contributed by atoms with Crippen LogP contribution in [0.2, 0.25) is 0 Å². The van der Waals surface area contributed by atoms with E-state index in [1.807, 2.05) is 12.1 Å². The molecule has 0 spiro atoms. The van der Waals surface area contributed by atoms with Gasteiger partial charge in [0.15, 0.2) is 0 Å². The molecule has 1 N–H and O–H groups in total. The second-order valence-electron chi connectivity index (χ2n) is 3.94. The van der Waals surface area contributed by atoms with Gasteiger partial charge in [-0.1, -0.05) is 6.07 Å². The van der Waals surface area contributed by atoms with Crippen molar-refractivity contribution in [3.8, 4) is 6.07 Å². The first-order valence-corrected chi connectivity index (χ1v) is 5.54. The number of anilines is 1. The lowest BCUT2D eigenvalue weighted by molar-refractivity contribution is 0.618. The quantitative estimate of drug-likeness (QED) is 0.898. The summed E-state index contributed by atoms with van der Waals surface area (Å²) in [5.74, 6) is -0.223. The van der Waals surface area contributed by atoms with Crippen LogP contribution in [0, 0.1) is 24.1 Å². The topological polar surface area (TPSA) is 48.7 Å². The van der Waals surface area contributed by atoms with Crippen molar-refractivity contribution < 1.29 is 4.39 Å². The molecule has 18 heavy (non-hydrogen) atoms. The van der Waals surface area contributed by atoms with E-state index in [1.54, 1.807) is 31.3 Å². The Bertz CT molecular complexity index is 602. The monoisotopic (exact) mass is 241 g/mol. The largest absolute Gasteiger partial charge is 0.381 e. The molecule has 2 aromatic rings. The number of nitrogens with zero attached hydrogens (tertiary/aromatic N) is 2. The third kappa shape index (κ3) is 2.64. The highest BCUT2D eigenvalue weighted by Crippen LogP contribution is 2.15. The van der Waals surface area contributed by atoms with Crippen LogP contribution in [0.4, 0.5) is 10.1 Å². The normalized spacial score (nSPS) is 9.83. The summed E-state index contributed by atoms with van der Waals surface area (Å²) in [5.41, 5.74) is 2.64. The molecule has 1 aromatic carbocycles. The number of aryl methyl sites for hydroxylation is 1. The zero-order chi connectivity index (χ0) is 13.0. The molecule has 0 aliphatic heterocycles. The van der Waals surface area contributed by atoms with Gasteiger partial charge < -0.3 is 5.32 Å². The van der Waals surface area contributed by atoms with E-state index >= 15 is 0 Å². The Kier molecular flexibility index (Phi) is 3.54. The van der Waals surface area contributed by atoms with Gasteiger partial charge in [-0.05, 0) is 36.8 Å². The highest BCUT2D eigenvalue weighted by molar-refractivity contribution is 5.47. The third-order valence-electron chi connectivity index (χ3n) is 2.64. The summed E-state index contributed by atoms with van der Waals surface area (Å²) < 4.78 is 13.1. The van der Waals surface area contributed by atoms with Crippen LogP contribution in [0.1, 0.15) is 16.8 Å². The van der Waals surface area contributed by atoms with Gasteiger partial charge in [0.05, 0.1) is 0 Å². The number of nitrogens with one attached hydrogen (secondary N) is 1. The Morgan fingerprint density at radius 3 is 2.94 bits per heavy atom. The average Bonchev–Trinajstić information content (AvgIpc) is 2.40. The Hall–Kier alpha value is -2.41. The molecular formula is C14H12FN3. The van der Waals surface area contributed by atoms with Crippen molar-refractivity contribution in [2.24, 2.45) is 0 Å². The Labute approximate surface area is 105 Å². The van der Waals surface area contributed by atoms with Gasteiger partial charge in [0.25, 0.3) is 0 Å². The molecule has 2 rings (SSSR count). The number of pyridine rings is 1. The number of hydrogen-bond donors (Lipinski definition) is 1. The smallest absolute Gasteiger partial charge is 0.145 e. The van der Waals surface area contributed by atoms with E-state index in [0.29, 0.717) is 17.8 Å². The maximum Gasteiger partial charge on any atom is 0.145 e. The summed E-state index contributed by atoms with van der Waals surface area (Å²) in [6.45, 7) is 2.20. The predicted molar refractivity (Wildman–Crippen MR) is 67.4 cm³/mol. The van der Waals surface area contributed by atoms with Gasteiger partial charge in [-0.2, -0.15) is 5.26 Å². The molecule has 1 aromatic heterocycles. The lowest BCUT2D eigenvalue weighted by Crippen LogP contribution is -2.03. The van der Waals surface area contributed by atoms with Crippen molar-refractivity contribution in [1.29, 1.82) is 5.26 Å². The fourth-order valence-electron chi connectivity index (χ4n) is 1.63. The molecule has 0 unspecified atom stereocenters. The maximum atomic E-state index is 13.1. The minimum atomic E-state index is -0.223. The average molecular weight is 241 g/mol. The first-order chi connectivity index (χ1) is 8.70. The number of benzene rings is 1. The maximum absolute atomic E-state index is 13.1. The van der Waals surface area contributed by atoms with Gasteiger partial charge in [0, 0.05) is 24.0 Å². The number of rotatable bonds is 3. The van der Waals surface area contributed by atoms with Crippen LogP contribution in [-0.4, -0.2) is 4.98 Å². The lowest BCUT2D eigenvalue weighted by Gasteiger charge is -2.08. The molecule has 0 atom stereocenters. The van der Waals surface area contributed by atoms with Gasteiger partial charge in [-0.25, -0.2) is 9.37 Å². The number of nitriles is 1. The Balaban J connectivity index is 2.12. The molecule has 0 aliphatic rings. The SMILES string of the molecule is Cc1cc(NCc2cccnc2C#N)ccc1F. The summed E-state index contributed by atoms with van der Waals surface area (Å²) in [6.07, 6.45) is 1.59. The van der Waals surface area contributed by atoms with Crippen molar-refractivity contribution in [3.63, 3.8) is 0 Å². The molecule has 0 fully saturated rings. The van der Waals surface area contributed by atoms with Crippen LogP contribution in [0.15, 0.2) is 36.5 Å². The van der Waals surface area contributed by atoms with Crippen LogP contribution >= 0.6 is 0 Å². The highest BCUT2D eigenvalue weighted by atomic mass is 19.1. The Morgan fingerprint density at radius 1 is 1.39 bits per heavy atom. The molecule has 4 heteroatoms. The zero-order valence-electron chi connectivity index (χ0n) is 9.94. The number of hydrogen-bond acceptors (Lipinski definition) is 3. The van der Waals surface area contributed by atoms with Gasteiger partial charge in [0.2, 0.25) is 0 Å². The summed E-state index contributed by atoms with van der Waals surface area (Å²) in [4.78, 5) is 3.98. The van der Waals surface area contributed by atoms with Crippen molar-refractivity contribution in [3.05, 3.63) is 59.2 Å². The minimum absolute atomic E-state index is 0.223. The second-order valence-corrected chi connectivity index (χ2v) is 3.94. The minimum Gasteiger partial charge on any atom is -0.381 e. The highest BCUT2D eigenvalue weighted by Gasteiger charge is 2.03.